The highest BCUT2D eigenvalue weighted by Gasteiger charge is 2.18. The largest absolute Gasteiger partial charge is 0.310 e. The molecule has 11 aromatic rings. The molecule has 0 saturated carbocycles. The van der Waals surface area contributed by atoms with Crippen molar-refractivity contribution < 1.29 is 5.48 Å². The molecule has 11 rings (SSSR count). The highest BCUT2D eigenvalue weighted by atomic mass is 15.1. The maximum absolute atomic E-state index is 9.81. The normalized spacial score (nSPS) is 12.1. The van der Waals surface area contributed by atoms with Gasteiger partial charge in [0.05, 0.1) is 5.48 Å². The van der Waals surface area contributed by atoms with E-state index in [4.69, 9.17) is 0 Å². The molecule has 0 aliphatic heterocycles. The summed E-state index contributed by atoms with van der Waals surface area (Å²) < 4.78 is 39.0. The quantitative estimate of drug-likeness (QED) is 0.140. The van der Waals surface area contributed by atoms with Gasteiger partial charge in [-0.1, -0.05) is 212 Å². The van der Waals surface area contributed by atoms with Crippen molar-refractivity contribution in [3.8, 4) is 66.8 Å². The van der Waals surface area contributed by atoms with Gasteiger partial charge in [-0.3, -0.25) is 0 Å². The van der Waals surface area contributed by atoms with E-state index < -0.39 is 0 Å². The lowest BCUT2D eigenvalue weighted by atomic mass is 9.89. The standard InChI is InChI=1S/C62H43N/c1-4-16-46(17-5-1)58-39-34-54(43-61(58)48-20-8-3-9-21-48)45-29-35-55(36-30-45)63(57-25-14-24-52(42-57)53-28-27-44-15-10-11-23-51(44)41-53)56-37-31-50(32-38-56)62-59-26-13-12-22-49(59)33-40-60(62)47-18-6-2-7-19-47/h1-43H/i29D,30D,35D,36D. The van der Waals surface area contributed by atoms with Crippen LogP contribution in [0.5, 0.6) is 0 Å². The molecule has 0 heterocycles. The van der Waals surface area contributed by atoms with Crippen LogP contribution >= 0.6 is 0 Å². The average molecular weight is 806 g/mol. The van der Waals surface area contributed by atoms with Crippen LogP contribution in [0.25, 0.3) is 88.3 Å². The van der Waals surface area contributed by atoms with Gasteiger partial charge in [-0.25, -0.2) is 0 Å². The molecule has 11 aromatic carbocycles. The number of fused-ring (bicyclic) bond motifs is 2. The van der Waals surface area contributed by atoms with Gasteiger partial charge in [0, 0.05) is 17.1 Å². The van der Waals surface area contributed by atoms with Gasteiger partial charge in [-0.2, -0.15) is 0 Å². The zero-order valence-corrected chi connectivity index (χ0v) is 34.5. The third kappa shape index (κ3) is 7.47. The molecule has 0 aliphatic carbocycles. The molecular weight excluding hydrogens is 759 g/mol. The Balaban J connectivity index is 1.09. The summed E-state index contributed by atoms with van der Waals surface area (Å²) in [5.41, 5.74) is 12.8. The Kier molecular flexibility index (Phi) is 8.84. The van der Waals surface area contributed by atoms with E-state index in [2.05, 4.69) is 140 Å². The minimum atomic E-state index is -0.134. The third-order valence-electron chi connectivity index (χ3n) is 11.9. The van der Waals surface area contributed by atoms with Gasteiger partial charge in [0.1, 0.15) is 0 Å². The van der Waals surface area contributed by atoms with Crippen LogP contribution in [0.15, 0.2) is 261 Å². The van der Waals surface area contributed by atoms with Crippen molar-refractivity contribution in [2.45, 2.75) is 0 Å². The van der Waals surface area contributed by atoms with Crippen molar-refractivity contribution in [3.63, 3.8) is 0 Å². The molecular formula is C62H43N. The first kappa shape index (κ1) is 33.5. The minimum absolute atomic E-state index is 0.113. The molecule has 1 nitrogen and oxygen atoms in total. The number of hydrogen-bond acceptors (Lipinski definition) is 1. The van der Waals surface area contributed by atoms with Gasteiger partial charge in [0.15, 0.2) is 0 Å². The molecule has 0 aromatic heterocycles. The number of nitrogens with zero attached hydrogens (tertiary/aromatic N) is 1. The van der Waals surface area contributed by atoms with E-state index in [0.717, 1.165) is 77.2 Å². The highest BCUT2D eigenvalue weighted by molar-refractivity contribution is 6.04. The summed E-state index contributed by atoms with van der Waals surface area (Å²) in [5.74, 6) is 0. The molecule has 296 valence electrons. The Morgan fingerprint density at radius 1 is 0.254 bits per heavy atom. The zero-order valence-electron chi connectivity index (χ0n) is 38.5. The van der Waals surface area contributed by atoms with E-state index in [-0.39, 0.29) is 35.4 Å². The maximum atomic E-state index is 9.81. The molecule has 0 aliphatic rings. The van der Waals surface area contributed by atoms with E-state index in [1.165, 1.54) is 0 Å². The Labute approximate surface area is 375 Å². The summed E-state index contributed by atoms with van der Waals surface area (Å²) in [5, 5.41) is 4.56. The Bertz CT molecular complexity index is 3580. The fraction of sp³-hybridized carbons (Fsp3) is 0. The predicted octanol–water partition coefficient (Wildman–Crippen LogP) is 17.5. The molecule has 0 N–H and O–H groups in total. The minimum Gasteiger partial charge on any atom is -0.310 e. The van der Waals surface area contributed by atoms with Crippen molar-refractivity contribution in [1.82, 2.24) is 0 Å². The first-order valence-electron chi connectivity index (χ1n) is 23.3. The summed E-state index contributed by atoms with van der Waals surface area (Å²) in [6.45, 7) is 0. The van der Waals surface area contributed by atoms with Crippen molar-refractivity contribution in [2.24, 2.45) is 0 Å². The van der Waals surface area contributed by atoms with E-state index in [1.807, 2.05) is 102 Å². The molecule has 0 amide bonds. The van der Waals surface area contributed by atoms with Gasteiger partial charge >= 0.3 is 0 Å². The number of hydrogen-bond donors (Lipinski definition) is 0. The SMILES string of the molecule is [2H]c1c([2H])c(N(c2ccc(-c3c(-c4ccccc4)ccc4ccccc34)cc2)c2cccc(-c3ccc4ccccc4c3)c2)c([2H])c([2H])c1-c1ccc(-c2ccccc2)c(-c2ccccc2)c1. The fourth-order valence-electron chi connectivity index (χ4n) is 8.81. The van der Waals surface area contributed by atoms with Crippen LogP contribution in [0, 0.1) is 0 Å². The molecule has 0 saturated heterocycles. The van der Waals surface area contributed by atoms with Crippen molar-refractivity contribution in [3.05, 3.63) is 261 Å². The van der Waals surface area contributed by atoms with Crippen LogP contribution < -0.4 is 4.90 Å². The van der Waals surface area contributed by atoms with Crippen molar-refractivity contribution >= 4 is 38.6 Å². The maximum Gasteiger partial charge on any atom is 0.0645 e. The number of rotatable bonds is 9. The summed E-state index contributed by atoms with van der Waals surface area (Å²) in [6.07, 6.45) is 0. The van der Waals surface area contributed by atoms with Gasteiger partial charge in [-0.15, -0.1) is 0 Å². The lowest BCUT2D eigenvalue weighted by Crippen LogP contribution is -2.10. The Morgan fingerprint density at radius 3 is 1.48 bits per heavy atom. The van der Waals surface area contributed by atoms with Crippen molar-refractivity contribution in [2.75, 3.05) is 4.90 Å². The van der Waals surface area contributed by atoms with Crippen LogP contribution in [0.4, 0.5) is 17.1 Å². The topological polar surface area (TPSA) is 3.24 Å². The summed E-state index contributed by atoms with van der Waals surface area (Å²) in [6, 6.07) is 80.1. The van der Waals surface area contributed by atoms with E-state index in [1.54, 1.807) is 0 Å². The predicted molar refractivity (Wildman–Crippen MR) is 269 cm³/mol. The summed E-state index contributed by atoms with van der Waals surface area (Å²) >= 11 is 0. The first-order chi connectivity index (χ1) is 32.9. The second-order valence-corrected chi connectivity index (χ2v) is 15.8. The Hall–Kier alpha value is -8.26. The monoisotopic (exact) mass is 805 g/mol. The number of benzene rings is 11. The molecule has 0 bridgehead atoms. The van der Waals surface area contributed by atoms with E-state index in [0.29, 0.717) is 16.9 Å². The molecule has 1 heteroatoms. The van der Waals surface area contributed by atoms with Gasteiger partial charge < -0.3 is 4.90 Å². The molecule has 0 spiro atoms. The van der Waals surface area contributed by atoms with Crippen molar-refractivity contribution in [1.29, 1.82) is 0 Å². The second-order valence-electron chi connectivity index (χ2n) is 15.8. The lowest BCUT2D eigenvalue weighted by molar-refractivity contribution is 1.28. The first-order valence-corrected chi connectivity index (χ1v) is 21.3. The lowest BCUT2D eigenvalue weighted by Gasteiger charge is -2.27. The van der Waals surface area contributed by atoms with Crippen LogP contribution in [-0.4, -0.2) is 0 Å². The second kappa shape index (κ2) is 16.7. The molecule has 0 unspecified atom stereocenters. The Morgan fingerprint density at radius 2 is 0.762 bits per heavy atom. The van der Waals surface area contributed by atoms with Crippen LogP contribution in [0.2, 0.25) is 0 Å². The van der Waals surface area contributed by atoms with Gasteiger partial charge in [-0.05, 0) is 137 Å². The highest BCUT2D eigenvalue weighted by Crippen LogP contribution is 2.43. The smallest absolute Gasteiger partial charge is 0.0645 e. The van der Waals surface area contributed by atoms with Gasteiger partial charge in [0.25, 0.3) is 0 Å². The summed E-state index contributed by atoms with van der Waals surface area (Å²) in [4.78, 5) is 1.88. The number of anilines is 3. The van der Waals surface area contributed by atoms with E-state index >= 15 is 0 Å². The zero-order chi connectivity index (χ0) is 45.4. The summed E-state index contributed by atoms with van der Waals surface area (Å²) in [7, 11) is 0. The molecule has 0 radical (unpaired) electrons. The van der Waals surface area contributed by atoms with Gasteiger partial charge in [0.2, 0.25) is 0 Å². The van der Waals surface area contributed by atoms with E-state index in [9.17, 15) is 5.48 Å². The molecule has 0 fully saturated rings. The molecule has 0 atom stereocenters. The fourth-order valence-corrected chi connectivity index (χ4v) is 8.81. The van der Waals surface area contributed by atoms with Crippen LogP contribution in [0.1, 0.15) is 5.48 Å². The molecule has 63 heavy (non-hydrogen) atoms. The third-order valence-corrected chi connectivity index (χ3v) is 11.9. The van der Waals surface area contributed by atoms with Crippen LogP contribution in [-0.2, 0) is 0 Å². The van der Waals surface area contributed by atoms with Crippen LogP contribution in [0.3, 0.4) is 0 Å². The average Bonchev–Trinajstić information content (AvgIpc) is 3.39.